The van der Waals surface area contributed by atoms with Crippen LogP contribution in [0, 0.1) is 5.92 Å². The fourth-order valence-electron chi connectivity index (χ4n) is 2.51. The summed E-state index contributed by atoms with van der Waals surface area (Å²) in [4.78, 5) is 12.1. The van der Waals surface area contributed by atoms with Crippen molar-refractivity contribution in [1.82, 2.24) is 5.32 Å². The van der Waals surface area contributed by atoms with Gasteiger partial charge in [-0.05, 0) is 42.3 Å². The first-order valence-corrected chi connectivity index (χ1v) is 6.78. The number of fused-ring (bicyclic) bond motifs is 1. The first-order valence-electron chi connectivity index (χ1n) is 6.40. The zero-order valence-corrected chi connectivity index (χ0v) is 11.8. The van der Waals surface area contributed by atoms with Gasteiger partial charge in [0.15, 0.2) is 0 Å². The number of rotatable bonds is 2. The summed E-state index contributed by atoms with van der Waals surface area (Å²) in [5.74, 6) is 0.755. The molecule has 1 aromatic carbocycles. The van der Waals surface area contributed by atoms with E-state index in [1.165, 1.54) is 0 Å². The number of allylic oxidation sites excluding steroid dienone is 4. The largest absolute Gasteiger partial charge is 0.497 e. The van der Waals surface area contributed by atoms with Gasteiger partial charge in [0, 0.05) is 22.2 Å². The maximum atomic E-state index is 12.1. The van der Waals surface area contributed by atoms with Crippen molar-refractivity contribution < 1.29 is 9.53 Å². The van der Waals surface area contributed by atoms with Gasteiger partial charge in [0.25, 0.3) is 5.91 Å². The number of hydrogen-bond acceptors (Lipinski definition) is 2. The van der Waals surface area contributed by atoms with Crippen molar-refractivity contribution >= 4 is 23.6 Å². The summed E-state index contributed by atoms with van der Waals surface area (Å²) in [5, 5.41) is 3.66. The number of halogens is 1. The van der Waals surface area contributed by atoms with E-state index in [9.17, 15) is 4.79 Å². The molecule has 1 fully saturated rings. The lowest BCUT2D eigenvalue weighted by molar-refractivity contribution is -0.115. The second-order valence-electron chi connectivity index (χ2n) is 4.82. The second-order valence-corrected chi connectivity index (χ2v) is 5.31. The first kappa shape index (κ1) is 13.0. The molecule has 102 valence electrons. The van der Waals surface area contributed by atoms with Crippen LogP contribution in [-0.4, -0.2) is 13.0 Å². The lowest BCUT2D eigenvalue weighted by Crippen LogP contribution is -2.13. The molecule has 0 spiro atoms. The van der Waals surface area contributed by atoms with Crippen LogP contribution in [0.3, 0.4) is 0 Å². The van der Waals surface area contributed by atoms with Gasteiger partial charge >= 0.3 is 0 Å². The summed E-state index contributed by atoms with van der Waals surface area (Å²) < 4.78 is 5.20. The van der Waals surface area contributed by atoms with Crippen molar-refractivity contribution in [3.63, 3.8) is 0 Å². The van der Waals surface area contributed by atoms with E-state index in [2.05, 4.69) is 5.32 Å². The molecule has 1 aliphatic carbocycles. The molecule has 1 heterocycles. The van der Waals surface area contributed by atoms with Crippen LogP contribution in [0.5, 0.6) is 5.75 Å². The van der Waals surface area contributed by atoms with E-state index >= 15 is 0 Å². The molecular formula is C16H14ClNO2. The van der Waals surface area contributed by atoms with E-state index < -0.39 is 0 Å². The van der Waals surface area contributed by atoms with Crippen LogP contribution in [0.4, 0.5) is 0 Å². The molecule has 1 atom stereocenters. The normalized spacial score (nSPS) is 23.0. The molecule has 0 bridgehead atoms. The number of hydrogen-bond donors (Lipinski definition) is 1. The van der Waals surface area contributed by atoms with Crippen LogP contribution in [0.2, 0.25) is 0 Å². The van der Waals surface area contributed by atoms with Gasteiger partial charge in [-0.15, -0.1) is 0 Å². The maximum absolute atomic E-state index is 12.1. The smallest absolute Gasteiger partial charge is 0.252 e. The van der Waals surface area contributed by atoms with Crippen LogP contribution in [0.15, 0.2) is 52.7 Å². The monoisotopic (exact) mass is 287 g/mol. The maximum Gasteiger partial charge on any atom is 0.252 e. The predicted molar refractivity (Wildman–Crippen MR) is 79.2 cm³/mol. The van der Waals surface area contributed by atoms with Gasteiger partial charge in [-0.25, -0.2) is 0 Å². The van der Waals surface area contributed by atoms with Crippen LogP contribution < -0.4 is 10.1 Å². The molecule has 1 saturated heterocycles. The molecule has 1 unspecified atom stereocenters. The highest BCUT2D eigenvalue weighted by Gasteiger charge is 2.34. The van der Waals surface area contributed by atoms with E-state index in [0.29, 0.717) is 6.42 Å². The van der Waals surface area contributed by atoms with Gasteiger partial charge in [0.05, 0.1) is 7.11 Å². The van der Waals surface area contributed by atoms with Crippen molar-refractivity contribution in [2.75, 3.05) is 7.11 Å². The van der Waals surface area contributed by atoms with Crippen LogP contribution in [-0.2, 0) is 4.79 Å². The van der Waals surface area contributed by atoms with Crippen molar-refractivity contribution in [3.05, 3.63) is 58.3 Å². The van der Waals surface area contributed by atoms with E-state index in [1.54, 1.807) is 7.11 Å². The van der Waals surface area contributed by atoms with Crippen molar-refractivity contribution in [2.24, 2.45) is 5.92 Å². The van der Waals surface area contributed by atoms with Crippen LogP contribution in [0.25, 0.3) is 6.08 Å². The lowest BCUT2D eigenvalue weighted by Gasteiger charge is -2.14. The number of carbonyl (C=O) groups excluding carboxylic acids is 1. The third kappa shape index (κ3) is 2.37. The molecule has 1 aromatic rings. The minimum Gasteiger partial charge on any atom is -0.497 e. The topological polar surface area (TPSA) is 38.3 Å². The molecule has 0 radical (unpaired) electrons. The molecule has 1 aliphatic heterocycles. The zero-order chi connectivity index (χ0) is 14.1. The lowest BCUT2D eigenvalue weighted by atomic mass is 9.91. The Hall–Kier alpha value is -2.00. The Morgan fingerprint density at radius 3 is 3.05 bits per heavy atom. The minimum atomic E-state index is -0.0520. The van der Waals surface area contributed by atoms with Gasteiger partial charge in [0.2, 0.25) is 0 Å². The molecule has 3 nitrogen and oxygen atoms in total. The molecule has 3 rings (SSSR count). The van der Waals surface area contributed by atoms with Crippen LogP contribution in [0.1, 0.15) is 12.0 Å². The Morgan fingerprint density at radius 2 is 2.25 bits per heavy atom. The van der Waals surface area contributed by atoms with Gasteiger partial charge in [-0.3, -0.25) is 4.79 Å². The highest BCUT2D eigenvalue weighted by Crippen LogP contribution is 2.37. The van der Waals surface area contributed by atoms with Crippen molar-refractivity contribution in [3.8, 4) is 5.75 Å². The zero-order valence-electron chi connectivity index (χ0n) is 11.0. The Kier molecular flexibility index (Phi) is 3.36. The molecular weight excluding hydrogens is 274 g/mol. The third-order valence-electron chi connectivity index (χ3n) is 3.53. The standard InChI is InChI=1S/C16H14ClNO2/c1-20-12-4-2-3-10(7-12)8-14-13-9-11(17)5-6-15(13)18-16(14)19/h2-8,13H,9H2,1H3,(H,18,19). The molecule has 1 N–H and O–H groups in total. The quantitative estimate of drug-likeness (QED) is 0.848. The average Bonchev–Trinajstić information content (AvgIpc) is 2.75. The molecule has 1 amide bonds. The van der Waals surface area contributed by atoms with Crippen molar-refractivity contribution in [1.29, 1.82) is 0 Å². The predicted octanol–water partition coefficient (Wildman–Crippen LogP) is 3.23. The Bertz CT molecular complexity index is 658. The van der Waals surface area contributed by atoms with Gasteiger partial charge in [-0.1, -0.05) is 23.7 Å². The molecule has 20 heavy (non-hydrogen) atoms. The number of amides is 1. The number of benzene rings is 1. The Morgan fingerprint density at radius 1 is 1.40 bits per heavy atom. The summed E-state index contributed by atoms with van der Waals surface area (Å²) >= 11 is 6.08. The minimum absolute atomic E-state index is 0.0335. The fourth-order valence-corrected chi connectivity index (χ4v) is 2.73. The average molecular weight is 288 g/mol. The second kappa shape index (κ2) is 5.17. The number of carbonyl (C=O) groups is 1. The van der Waals surface area contributed by atoms with Gasteiger partial charge < -0.3 is 10.1 Å². The molecule has 4 heteroatoms. The summed E-state index contributed by atoms with van der Waals surface area (Å²) in [5.41, 5.74) is 2.62. The summed E-state index contributed by atoms with van der Waals surface area (Å²) in [6.45, 7) is 0. The van der Waals surface area contributed by atoms with Crippen molar-refractivity contribution in [2.45, 2.75) is 6.42 Å². The van der Waals surface area contributed by atoms with E-state index in [4.69, 9.17) is 16.3 Å². The first-order chi connectivity index (χ1) is 9.67. The summed E-state index contributed by atoms with van der Waals surface area (Å²) in [6, 6.07) is 7.64. The molecule has 0 saturated carbocycles. The van der Waals surface area contributed by atoms with E-state index in [-0.39, 0.29) is 11.8 Å². The van der Waals surface area contributed by atoms with Gasteiger partial charge in [-0.2, -0.15) is 0 Å². The molecule has 0 aromatic heterocycles. The van der Waals surface area contributed by atoms with E-state index in [1.807, 2.05) is 42.5 Å². The van der Waals surface area contributed by atoms with Gasteiger partial charge in [0.1, 0.15) is 5.75 Å². The Labute approximate surface area is 122 Å². The summed E-state index contributed by atoms with van der Waals surface area (Å²) in [6.07, 6.45) is 6.28. The number of methoxy groups -OCH3 is 1. The summed E-state index contributed by atoms with van der Waals surface area (Å²) in [7, 11) is 1.63. The number of nitrogens with one attached hydrogen (secondary N) is 1. The van der Waals surface area contributed by atoms with Crippen LogP contribution >= 0.6 is 11.6 Å². The fraction of sp³-hybridized carbons (Fsp3) is 0.188. The highest BCUT2D eigenvalue weighted by molar-refractivity contribution is 6.30. The highest BCUT2D eigenvalue weighted by atomic mass is 35.5. The third-order valence-corrected chi connectivity index (χ3v) is 3.81. The van der Waals surface area contributed by atoms with E-state index in [0.717, 1.165) is 27.6 Å². The Balaban J connectivity index is 1.96. The SMILES string of the molecule is COc1cccc(C=C2C(=O)NC3=CC=C(Cl)CC32)c1. The number of ether oxygens (including phenoxy) is 1. The molecule has 2 aliphatic rings.